The standard InChI is InChI=1S/C28H44O7/c1-18-15-16-22(29)24(33-4)14-10-9-13-23(21-11-7-6-8-12-21)35-28(32)19(2)17-25(34-5)27(31)20(3)26(18)30/h6-8,11-12,17-18,20,22-27,29-31H,9-10,13-16H2,1-5H3/b19-17+/t18-,20+,22+,23-,24?,25-,26-,27-/m0/s1. The SMILES string of the molecule is COC1CCCC[C@@H](c2ccccc2)OC(=O)/C(C)=C/[C@H](OC)[C@@H](O)[C@H](C)[C@@H](O)[C@@H](C)CC[C@H]1O. The molecule has 0 aliphatic carbocycles. The van der Waals surface area contributed by atoms with E-state index in [0.717, 1.165) is 18.4 Å². The summed E-state index contributed by atoms with van der Waals surface area (Å²) in [5.74, 6) is -1.13. The lowest BCUT2D eigenvalue weighted by atomic mass is 9.84. The van der Waals surface area contributed by atoms with E-state index >= 15 is 0 Å². The van der Waals surface area contributed by atoms with Crippen molar-refractivity contribution in [2.24, 2.45) is 11.8 Å². The monoisotopic (exact) mass is 492 g/mol. The van der Waals surface area contributed by atoms with Crippen molar-refractivity contribution in [3.8, 4) is 0 Å². The van der Waals surface area contributed by atoms with Gasteiger partial charge in [-0.05, 0) is 56.6 Å². The molecule has 0 saturated carbocycles. The Bertz CT molecular complexity index is 781. The number of ether oxygens (including phenoxy) is 3. The number of methoxy groups -OCH3 is 2. The number of benzene rings is 1. The molecular weight excluding hydrogens is 448 g/mol. The normalized spacial score (nSPS) is 36.3. The third kappa shape index (κ3) is 8.69. The van der Waals surface area contributed by atoms with E-state index in [0.29, 0.717) is 31.3 Å². The Morgan fingerprint density at radius 1 is 0.886 bits per heavy atom. The molecule has 2 rings (SSSR count). The van der Waals surface area contributed by atoms with Gasteiger partial charge in [0.05, 0.1) is 24.4 Å². The van der Waals surface area contributed by atoms with Crippen LogP contribution in [0.5, 0.6) is 0 Å². The van der Waals surface area contributed by atoms with Gasteiger partial charge >= 0.3 is 5.97 Å². The van der Waals surface area contributed by atoms with E-state index in [1.165, 1.54) is 7.11 Å². The van der Waals surface area contributed by atoms with Gasteiger partial charge < -0.3 is 29.5 Å². The Balaban J connectivity index is 2.31. The average Bonchev–Trinajstić information content (AvgIpc) is 2.87. The summed E-state index contributed by atoms with van der Waals surface area (Å²) in [6, 6.07) is 9.63. The predicted molar refractivity (Wildman–Crippen MR) is 135 cm³/mol. The number of rotatable bonds is 3. The molecule has 0 radical (unpaired) electrons. The molecule has 0 aromatic heterocycles. The molecule has 1 aliphatic rings. The molecule has 0 bridgehead atoms. The molecule has 1 aromatic rings. The van der Waals surface area contributed by atoms with E-state index in [9.17, 15) is 20.1 Å². The van der Waals surface area contributed by atoms with E-state index in [4.69, 9.17) is 14.2 Å². The lowest BCUT2D eigenvalue weighted by Gasteiger charge is -2.32. The average molecular weight is 493 g/mol. The van der Waals surface area contributed by atoms with Crippen LogP contribution in [0.1, 0.15) is 71.0 Å². The maximum Gasteiger partial charge on any atom is 0.334 e. The zero-order chi connectivity index (χ0) is 26.0. The van der Waals surface area contributed by atoms with Gasteiger partial charge in [-0.25, -0.2) is 4.79 Å². The number of carbonyl (C=O) groups excluding carboxylic acids is 1. The topological polar surface area (TPSA) is 105 Å². The Kier molecular flexibility index (Phi) is 12.4. The zero-order valence-electron chi connectivity index (χ0n) is 21.8. The van der Waals surface area contributed by atoms with Crippen LogP contribution in [-0.4, -0.2) is 66.0 Å². The fourth-order valence-electron chi connectivity index (χ4n) is 4.76. The fraction of sp³-hybridized carbons (Fsp3) is 0.679. The molecule has 8 atom stereocenters. The van der Waals surface area contributed by atoms with E-state index < -0.39 is 42.4 Å². The molecule has 7 heteroatoms. The van der Waals surface area contributed by atoms with Gasteiger partial charge in [-0.15, -0.1) is 0 Å². The predicted octanol–water partition coefficient (Wildman–Crippen LogP) is 3.96. The van der Waals surface area contributed by atoms with Crippen molar-refractivity contribution in [1.82, 2.24) is 0 Å². The highest BCUT2D eigenvalue weighted by Gasteiger charge is 2.33. The molecule has 1 heterocycles. The molecule has 35 heavy (non-hydrogen) atoms. The van der Waals surface area contributed by atoms with E-state index in [1.54, 1.807) is 27.0 Å². The van der Waals surface area contributed by atoms with Gasteiger partial charge in [0.15, 0.2) is 0 Å². The minimum Gasteiger partial charge on any atom is -0.454 e. The Morgan fingerprint density at radius 3 is 2.17 bits per heavy atom. The number of esters is 1. The van der Waals surface area contributed by atoms with Gasteiger partial charge in [-0.3, -0.25) is 0 Å². The van der Waals surface area contributed by atoms with Gasteiger partial charge in [0.1, 0.15) is 12.2 Å². The highest BCUT2D eigenvalue weighted by atomic mass is 16.5. The summed E-state index contributed by atoms with van der Waals surface area (Å²) in [6.07, 6.45) is 1.63. The molecule has 0 spiro atoms. The molecule has 3 N–H and O–H groups in total. The number of carbonyl (C=O) groups is 1. The summed E-state index contributed by atoms with van der Waals surface area (Å²) in [6.45, 7) is 5.32. The van der Waals surface area contributed by atoms with Crippen LogP contribution in [0.3, 0.4) is 0 Å². The van der Waals surface area contributed by atoms with Gasteiger partial charge in [-0.2, -0.15) is 0 Å². The van der Waals surface area contributed by atoms with Crippen LogP contribution in [0.4, 0.5) is 0 Å². The van der Waals surface area contributed by atoms with E-state index in [-0.39, 0.29) is 12.0 Å². The number of hydrogen-bond acceptors (Lipinski definition) is 7. The number of aliphatic hydroxyl groups excluding tert-OH is 3. The van der Waals surface area contributed by atoms with Crippen molar-refractivity contribution in [3.63, 3.8) is 0 Å². The van der Waals surface area contributed by atoms with Crippen LogP contribution in [0, 0.1) is 11.8 Å². The lowest BCUT2D eigenvalue weighted by Crippen LogP contribution is -2.41. The number of cyclic esters (lactones) is 1. The summed E-state index contributed by atoms with van der Waals surface area (Å²) in [5, 5.41) is 32.5. The smallest absolute Gasteiger partial charge is 0.334 e. The quantitative estimate of drug-likeness (QED) is 0.549. The highest BCUT2D eigenvalue weighted by molar-refractivity contribution is 5.88. The second kappa shape index (κ2) is 14.7. The number of hydrogen-bond donors (Lipinski definition) is 3. The van der Waals surface area contributed by atoms with Crippen LogP contribution in [0.25, 0.3) is 0 Å². The maximum atomic E-state index is 13.0. The summed E-state index contributed by atoms with van der Waals surface area (Å²) in [7, 11) is 3.07. The summed E-state index contributed by atoms with van der Waals surface area (Å²) >= 11 is 0. The minimum absolute atomic E-state index is 0.148. The molecule has 1 aliphatic heterocycles. The second-order valence-electron chi connectivity index (χ2n) is 9.88. The molecule has 0 amide bonds. The summed E-state index contributed by atoms with van der Waals surface area (Å²) in [5.41, 5.74) is 1.26. The molecule has 1 aromatic carbocycles. The van der Waals surface area contributed by atoms with E-state index in [2.05, 4.69) is 0 Å². The minimum atomic E-state index is -1.03. The van der Waals surface area contributed by atoms with Crippen LogP contribution in [0.2, 0.25) is 0 Å². The molecule has 0 saturated heterocycles. The molecule has 7 nitrogen and oxygen atoms in total. The van der Waals surface area contributed by atoms with Crippen LogP contribution in [-0.2, 0) is 19.0 Å². The van der Waals surface area contributed by atoms with Gasteiger partial charge in [0.25, 0.3) is 0 Å². The maximum absolute atomic E-state index is 13.0. The van der Waals surface area contributed by atoms with Crippen molar-refractivity contribution in [3.05, 3.63) is 47.5 Å². The Morgan fingerprint density at radius 2 is 1.54 bits per heavy atom. The Labute approximate surface area is 210 Å². The van der Waals surface area contributed by atoms with Gasteiger partial charge in [0.2, 0.25) is 0 Å². The van der Waals surface area contributed by atoms with Crippen molar-refractivity contribution >= 4 is 5.97 Å². The third-order valence-corrected chi connectivity index (χ3v) is 7.28. The largest absolute Gasteiger partial charge is 0.454 e. The summed E-state index contributed by atoms with van der Waals surface area (Å²) < 4.78 is 16.9. The highest BCUT2D eigenvalue weighted by Crippen LogP contribution is 2.28. The fourth-order valence-corrected chi connectivity index (χ4v) is 4.76. The van der Waals surface area contributed by atoms with Crippen molar-refractivity contribution in [2.75, 3.05) is 14.2 Å². The first-order chi connectivity index (χ1) is 16.7. The van der Waals surface area contributed by atoms with Crippen LogP contribution in [0.15, 0.2) is 42.0 Å². The third-order valence-electron chi connectivity index (χ3n) is 7.28. The lowest BCUT2D eigenvalue weighted by molar-refractivity contribution is -0.145. The molecule has 0 fully saturated rings. The zero-order valence-corrected chi connectivity index (χ0v) is 21.8. The summed E-state index contributed by atoms with van der Waals surface area (Å²) in [4.78, 5) is 13.0. The number of aliphatic hydroxyl groups is 3. The van der Waals surface area contributed by atoms with E-state index in [1.807, 2.05) is 37.3 Å². The van der Waals surface area contributed by atoms with Crippen molar-refractivity contribution in [2.45, 2.75) is 95.9 Å². The Hall–Kier alpha value is -1.77. The van der Waals surface area contributed by atoms with Gasteiger partial charge in [0, 0.05) is 25.7 Å². The van der Waals surface area contributed by atoms with Crippen LogP contribution < -0.4 is 0 Å². The molecule has 198 valence electrons. The molecular formula is C28H44O7. The first kappa shape index (κ1) is 29.5. The first-order valence-corrected chi connectivity index (χ1v) is 12.7. The van der Waals surface area contributed by atoms with Crippen LogP contribution >= 0.6 is 0 Å². The van der Waals surface area contributed by atoms with Crippen molar-refractivity contribution in [1.29, 1.82) is 0 Å². The second-order valence-corrected chi connectivity index (χ2v) is 9.88. The first-order valence-electron chi connectivity index (χ1n) is 12.7. The molecule has 1 unspecified atom stereocenters. The van der Waals surface area contributed by atoms with Gasteiger partial charge in [-0.1, -0.05) is 50.6 Å². The van der Waals surface area contributed by atoms with Crippen molar-refractivity contribution < 1.29 is 34.3 Å².